The van der Waals surface area contributed by atoms with Crippen LogP contribution in [-0.4, -0.2) is 36.9 Å². The Bertz CT molecular complexity index is 70.1. The first kappa shape index (κ1) is 29.2. The first-order valence-electron chi connectivity index (χ1n) is 1.58. The van der Waals surface area contributed by atoms with Crippen molar-refractivity contribution >= 4 is 52.1 Å². The molecule has 13 heavy (non-hydrogen) atoms. The van der Waals surface area contributed by atoms with Crippen molar-refractivity contribution in [1.29, 1.82) is 0 Å². The molecule has 0 saturated heterocycles. The Morgan fingerprint density at radius 2 is 0.846 bits per heavy atom. The SMILES string of the molecule is O=PO.O=PO.O=PO.O=[PH+]O.[AlH3]. The summed E-state index contributed by atoms with van der Waals surface area (Å²) in [6, 6.07) is 0. The first-order valence-corrected chi connectivity index (χ1v) is 4.73. The summed E-state index contributed by atoms with van der Waals surface area (Å²) in [5, 5.41) is 0. The molecule has 0 bridgehead atoms. The molecule has 0 rings (SSSR count). The maximum absolute atomic E-state index is 8.51. The van der Waals surface area contributed by atoms with Crippen molar-refractivity contribution in [2.45, 2.75) is 0 Å². The third-order valence-corrected chi connectivity index (χ3v) is 0. The van der Waals surface area contributed by atoms with E-state index in [9.17, 15) is 0 Å². The molecule has 1 unspecified atom stereocenters. The molecule has 8 nitrogen and oxygen atoms in total. The molecule has 0 aliphatic carbocycles. The summed E-state index contributed by atoms with van der Waals surface area (Å²) in [5.74, 6) is 0. The van der Waals surface area contributed by atoms with E-state index >= 15 is 0 Å². The van der Waals surface area contributed by atoms with Crippen LogP contribution in [-0.2, 0) is 18.3 Å². The third kappa shape index (κ3) is 2480. The van der Waals surface area contributed by atoms with Crippen molar-refractivity contribution in [3.8, 4) is 0 Å². The molecule has 0 saturated carbocycles. The Kier molecular flexibility index (Phi) is 175. The van der Waals surface area contributed by atoms with Crippen LogP contribution in [0, 0.1) is 0 Å². The van der Waals surface area contributed by atoms with Crippen LogP contribution in [0.2, 0.25) is 0 Å². The van der Waals surface area contributed by atoms with E-state index < -0.39 is 34.7 Å². The Labute approximate surface area is 90.3 Å². The molecule has 13 heteroatoms. The average molecular weight is 287 g/mol. The minimum atomic E-state index is -1.17. The highest BCUT2D eigenvalue weighted by Gasteiger charge is 1.45. The van der Waals surface area contributed by atoms with Gasteiger partial charge in [-0.05, 0) is 4.57 Å². The van der Waals surface area contributed by atoms with E-state index in [0.29, 0.717) is 0 Å². The number of hydrogen-bond donors (Lipinski definition) is 4. The summed E-state index contributed by atoms with van der Waals surface area (Å²) in [6.45, 7) is 0. The Hall–Kier alpha value is 0.772. The van der Waals surface area contributed by atoms with Crippen molar-refractivity contribution in [2.24, 2.45) is 0 Å². The van der Waals surface area contributed by atoms with E-state index in [4.69, 9.17) is 37.8 Å². The lowest BCUT2D eigenvalue weighted by Gasteiger charge is -1.24. The van der Waals surface area contributed by atoms with Crippen molar-refractivity contribution in [3.05, 3.63) is 0 Å². The van der Waals surface area contributed by atoms with Gasteiger partial charge in [-0.3, -0.25) is 0 Å². The second-order valence-electron chi connectivity index (χ2n) is 0.336. The molecule has 4 N–H and O–H groups in total. The predicted octanol–water partition coefficient (Wildman–Crippen LogP) is -0.710. The third-order valence-electron chi connectivity index (χ3n) is 0. The summed E-state index contributed by atoms with van der Waals surface area (Å²) in [4.78, 5) is 28.0. The molecule has 0 amide bonds. The van der Waals surface area contributed by atoms with Gasteiger partial charge >= 0.3 is 34.7 Å². The predicted molar refractivity (Wildman–Crippen MR) is 50.6 cm³/mol. The normalized spacial score (nSPS) is 6.46. The maximum atomic E-state index is 8.51. The fraction of sp³-hybridized carbons (Fsp3) is 0. The van der Waals surface area contributed by atoms with Crippen LogP contribution < -0.4 is 0 Å². The quantitative estimate of drug-likeness (QED) is 0.337. The lowest BCUT2D eigenvalue weighted by atomic mass is 15.9. The van der Waals surface area contributed by atoms with Gasteiger partial charge in [0.05, 0.1) is 0 Å². The highest BCUT2D eigenvalue weighted by Crippen LogP contribution is 1.66. The summed E-state index contributed by atoms with van der Waals surface area (Å²) in [6.07, 6.45) is 0. The van der Waals surface area contributed by atoms with Gasteiger partial charge in [-0.2, -0.15) is 4.89 Å². The fourth-order valence-corrected chi connectivity index (χ4v) is 0. The molecule has 1 atom stereocenters. The van der Waals surface area contributed by atoms with Crippen LogP contribution in [0.5, 0.6) is 0 Å². The van der Waals surface area contributed by atoms with Crippen LogP contribution >= 0.6 is 34.7 Å². The van der Waals surface area contributed by atoms with Crippen LogP contribution in [0.25, 0.3) is 0 Å². The minimum absolute atomic E-state index is 0. The minimum Gasteiger partial charge on any atom is -0.310 e. The van der Waals surface area contributed by atoms with Gasteiger partial charge in [0, 0.05) is 0 Å². The summed E-state index contributed by atoms with van der Waals surface area (Å²) in [7, 11) is -3.67. The van der Waals surface area contributed by atoms with Gasteiger partial charge in [-0.25, -0.2) is 13.7 Å². The molecular formula is H8AlO8P4+. The molecule has 0 aromatic rings. The van der Waals surface area contributed by atoms with Crippen LogP contribution in [0.4, 0.5) is 0 Å². The van der Waals surface area contributed by atoms with E-state index in [2.05, 4.69) is 0 Å². The zero-order chi connectivity index (χ0) is 10.8. The molecule has 78 valence electrons. The molecule has 0 fully saturated rings. The molecule has 0 aromatic carbocycles. The lowest BCUT2D eigenvalue weighted by molar-refractivity contribution is 0.523. The monoisotopic (exact) mass is 287 g/mol. The van der Waals surface area contributed by atoms with Gasteiger partial charge in [-0.1, -0.05) is 0 Å². The van der Waals surface area contributed by atoms with Gasteiger partial charge in [0.1, 0.15) is 0 Å². The van der Waals surface area contributed by atoms with Crippen LogP contribution in [0.3, 0.4) is 0 Å². The van der Waals surface area contributed by atoms with E-state index in [1.165, 1.54) is 0 Å². The first-order chi connectivity index (χ1) is 5.66. The maximum Gasteiger partial charge on any atom is 0.491 e. The van der Waals surface area contributed by atoms with Crippen molar-refractivity contribution in [2.75, 3.05) is 0 Å². The lowest BCUT2D eigenvalue weighted by Crippen LogP contribution is -1.03. The topological polar surface area (TPSA) is 149 Å². The second-order valence-corrected chi connectivity index (χ2v) is 1.01. The standard InChI is InChI=1S/Al.4HO2P.3H/c;4*1-3-2;;;/h;3*(H,1,2);3H;;;/p+1. The van der Waals surface area contributed by atoms with Crippen LogP contribution in [0.1, 0.15) is 0 Å². The highest BCUT2D eigenvalue weighted by atomic mass is 31.1. The van der Waals surface area contributed by atoms with Gasteiger partial charge in [-0.15, -0.1) is 0 Å². The van der Waals surface area contributed by atoms with Gasteiger partial charge in [0.15, 0.2) is 17.4 Å². The highest BCUT2D eigenvalue weighted by molar-refractivity contribution is 7.16. The fourth-order valence-electron chi connectivity index (χ4n) is 0. The smallest absolute Gasteiger partial charge is 0.310 e. The molecule has 0 heterocycles. The largest absolute Gasteiger partial charge is 0.491 e. The Balaban J connectivity index is -0.0000000213. The van der Waals surface area contributed by atoms with Crippen LogP contribution in [0.15, 0.2) is 0 Å². The number of rotatable bonds is 0. The zero-order valence-electron chi connectivity index (χ0n) is 5.26. The summed E-state index contributed by atoms with van der Waals surface area (Å²) >= 11 is 0. The molecule has 0 aromatic heterocycles. The molecule has 0 aliphatic rings. The summed E-state index contributed by atoms with van der Waals surface area (Å²) in [5.41, 5.74) is 0. The van der Waals surface area contributed by atoms with Gasteiger partial charge < -0.3 is 14.7 Å². The van der Waals surface area contributed by atoms with Gasteiger partial charge in [0.2, 0.25) is 0 Å². The Morgan fingerprint density at radius 3 is 0.846 bits per heavy atom. The zero-order valence-corrected chi connectivity index (χ0v) is 8.95. The van der Waals surface area contributed by atoms with E-state index in [1.807, 2.05) is 0 Å². The number of hydrogen-bond acceptors (Lipinski definition) is 4. The second kappa shape index (κ2) is 77.7. The van der Waals surface area contributed by atoms with Crippen molar-refractivity contribution < 1.29 is 37.8 Å². The Morgan fingerprint density at radius 1 is 0.846 bits per heavy atom. The van der Waals surface area contributed by atoms with Crippen molar-refractivity contribution in [1.82, 2.24) is 0 Å². The van der Waals surface area contributed by atoms with E-state index in [-0.39, 0.29) is 17.4 Å². The van der Waals surface area contributed by atoms with E-state index in [0.717, 1.165) is 0 Å². The van der Waals surface area contributed by atoms with E-state index in [1.54, 1.807) is 0 Å². The molecular weight excluding hydrogens is 279 g/mol. The molecule has 0 spiro atoms. The van der Waals surface area contributed by atoms with Gasteiger partial charge in [0.25, 0.3) is 0 Å². The average Bonchev–Trinajstić information content (AvgIpc) is 1.92. The molecule has 0 aliphatic heterocycles. The molecule has 0 radical (unpaired) electrons. The summed E-state index contributed by atoms with van der Waals surface area (Å²) < 4.78 is 33.9. The van der Waals surface area contributed by atoms with Crippen molar-refractivity contribution in [3.63, 3.8) is 0 Å².